The number of rotatable bonds is 2. The van der Waals surface area contributed by atoms with E-state index in [2.05, 4.69) is 53.3 Å². The van der Waals surface area contributed by atoms with Crippen LogP contribution in [0, 0.1) is 6.92 Å². The molecule has 0 amide bonds. The van der Waals surface area contributed by atoms with Gasteiger partial charge in [-0.25, -0.2) is 4.98 Å². The van der Waals surface area contributed by atoms with Crippen molar-refractivity contribution < 1.29 is 0 Å². The first kappa shape index (κ1) is 17.0. The second-order valence-corrected chi connectivity index (χ2v) is 7.60. The summed E-state index contributed by atoms with van der Waals surface area (Å²) in [6.07, 6.45) is 2.05. The highest BCUT2D eigenvalue weighted by atomic mass is 32.1. The Morgan fingerprint density at radius 3 is 2.69 bits per heavy atom. The van der Waals surface area contributed by atoms with Crippen molar-refractivity contribution in [3.05, 3.63) is 58.9 Å². The third-order valence-electron chi connectivity index (χ3n) is 5.35. The number of fused-ring (bicyclic) bond motifs is 3. The van der Waals surface area contributed by atoms with Crippen molar-refractivity contribution in [3.63, 3.8) is 0 Å². The number of anilines is 1. The Bertz CT molecular complexity index is 988. The van der Waals surface area contributed by atoms with Gasteiger partial charge < -0.3 is 14.8 Å². The minimum absolute atomic E-state index is 0.303. The van der Waals surface area contributed by atoms with Crippen LogP contribution in [-0.4, -0.2) is 33.5 Å². The minimum Gasteiger partial charge on any atom is -0.376 e. The van der Waals surface area contributed by atoms with Crippen LogP contribution in [0.3, 0.4) is 0 Å². The summed E-state index contributed by atoms with van der Waals surface area (Å²) in [5.41, 5.74) is 7.08. The molecule has 0 aliphatic carbocycles. The molecule has 0 saturated carbocycles. The van der Waals surface area contributed by atoms with E-state index in [1.165, 1.54) is 11.1 Å². The molecule has 0 bridgehead atoms. The van der Waals surface area contributed by atoms with Crippen molar-refractivity contribution in [3.8, 4) is 0 Å². The molecule has 3 aromatic rings. The van der Waals surface area contributed by atoms with Crippen molar-refractivity contribution in [1.82, 2.24) is 14.5 Å². The SMILES string of the molecule is Cc1nc2c3c(c(C(=S)N(C)C)cc2n1C)CCC(c1ccccc1)N3. The fourth-order valence-corrected chi connectivity index (χ4v) is 3.98. The maximum Gasteiger partial charge on any atom is 0.112 e. The zero-order chi connectivity index (χ0) is 18.4. The molecule has 26 heavy (non-hydrogen) atoms. The molecule has 1 unspecified atom stereocenters. The van der Waals surface area contributed by atoms with Crippen molar-refractivity contribution in [1.29, 1.82) is 0 Å². The van der Waals surface area contributed by atoms with Crippen molar-refractivity contribution in [2.75, 3.05) is 19.4 Å². The summed E-state index contributed by atoms with van der Waals surface area (Å²) in [5, 5.41) is 3.78. The highest BCUT2D eigenvalue weighted by Crippen LogP contribution is 2.39. The van der Waals surface area contributed by atoms with Gasteiger partial charge in [-0.3, -0.25) is 0 Å². The summed E-state index contributed by atoms with van der Waals surface area (Å²) >= 11 is 5.73. The number of imidazole rings is 1. The van der Waals surface area contributed by atoms with Crippen LogP contribution in [0.4, 0.5) is 5.69 Å². The molecular weight excluding hydrogens is 340 g/mol. The smallest absolute Gasteiger partial charge is 0.112 e. The van der Waals surface area contributed by atoms with E-state index < -0.39 is 0 Å². The maximum atomic E-state index is 5.73. The molecule has 1 N–H and O–H groups in total. The average Bonchev–Trinajstić information content (AvgIpc) is 2.95. The lowest BCUT2D eigenvalue weighted by molar-refractivity contribution is 0.632. The quantitative estimate of drug-likeness (QED) is 0.690. The van der Waals surface area contributed by atoms with Gasteiger partial charge in [0.15, 0.2) is 0 Å². The molecule has 0 radical (unpaired) electrons. The Kier molecular flexibility index (Phi) is 4.19. The van der Waals surface area contributed by atoms with Gasteiger partial charge in [-0.05, 0) is 37.0 Å². The van der Waals surface area contributed by atoms with Gasteiger partial charge in [0, 0.05) is 26.7 Å². The first-order valence-electron chi connectivity index (χ1n) is 8.99. The third kappa shape index (κ3) is 2.67. The summed E-state index contributed by atoms with van der Waals surface area (Å²) in [5.74, 6) is 1.01. The molecule has 1 atom stereocenters. The fourth-order valence-electron chi connectivity index (χ4n) is 3.80. The number of benzene rings is 2. The Labute approximate surface area is 159 Å². The Hall–Kier alpha value is -2.40. The molecule has 0 spiro atoms. The van der Waals surface area contributed by atoms with Crippen molar-refractivity contribution >= 4 is 33.9 Å². The van der Waals surface area contributed by atoms with E-state index in [1.807, 2.05) is 25.9 Å². The largest absolute Gasteiger partial charge is 0.376 e. The monoisotopic (exact) mass is 364 g/mol. The number of aryl methyl sites for hydroxylation is 2. The summed E-state index contributed by atoms with van der Waals surface area (Å²) in [7, 11) is 6.09. The summed E-state index contributed by atoms with van der Waals surface area (Å²) < 4.78 is 2.14. The van der Waals surface area contributed by atoms with Crippen LogP contribution in [0.25, 0.3) is 11.0 Å². The van der Waals surface area contributed by atoms with Gasteiger partial charge in [0.1, 0.15) is 16.3 Å². The lowest BCUT2D eigenvalue weighted by atomic mass is 9.89. The topological polar surface area (TPSA) is 33.1 Å². The van der Waals surface area contributed by atoms with Crippen LogP contribution in [0.1, 0.15) is 35.0 Å². The molecule has 4 rings (SSSR count). The zero-order valence-electron chi connectivity index (χ0n) is 15.7. The number of nitrogens with one attached hydrogen (secondary N) is 1. The van der Waals surface area contributed by atoms with E-state index in [-0.39, 0.29) is 0 Å². The Morgan fingerprint density at radius 2 is 2.00 bits per heavy atom. The first-order chi connectivity index (χ1) is 12.5. The normalized spacial score (nSPS) is 16.2. The van der Waals surface area contributed by atoms with Crippen LogP contribution in [0.2, 0.25) is 0 Å². The third-order valence-corrected chi connectivity index (χ3v) is 5.93. The number of hydrogen-bond acceptors (Lipinski definition) is 3. The van der Waals surface area contributed by atoms with Crippen LogP contribution in [0.15, 0.2) is 36.4 Å². The van der Waals surface area contributed by atoms with Gasteiger partial charge in [-0.2, -0.15) is 0 Å². The lowest BCUT2D eigenvalue weighted by Gasteiger charge is -2.30. The predicted molar refractivity (Wildman–Crippen MR) is 112 cm³/mol. The molecular formula is C21H24N4S. The molecule has 0 saturated heterocycles. The minimum atomic E-state index is 0.303. The van der Waals surface area contributed by atoms with E-state index in [4.69, 9.17) is 17.2 Å². The zero-order valence-corrected chi connectivity index (χ0v) is 16.5. The van der Waals surface area contributed by atoms with Gasteiger partial charge in [0.05, 0.1) is 17.2 Å². The second-order valence-electron chi connectivity index (χ2n) is 7.21. The molecule has 4 nitrogen and oxygen atoms in total. The van der Waals surface area contributed by atoms with Crippen LogP contribution in [0.5, 0.6) is 0 Å². The molecule has 1 aromatic heterocycles. The van der Waals surface area contributed by atoms with Gasteiger partial charge in [0.25, 0.3) is 0 Å². The number of aromatic nitrogens is 2. The Balaban J connectivity index is 1.90. The number of nitrogens with zero attached hydrogens (tertiary/aromatic N) is 3. The second kappa shape index (κ2) is 6.40. The fraction of sp³-hybridized carbons (Fsp3) is 0.333. The van der Waals surface area contributed by atoms with Gasteiger partial charge >= 0.3 is 0 Å². The van der Waals surface area contributed by atoms with E-state index in [0.29, 0.717) is 6.04 Å². The van der Waals surface area contributed by atoms with E-state index in [0.717, 1.165) is 45.9 Å². The molecule has 1 aliphatic rings. The lowest BCUT2D eigenvalue weighted by Crippen LogP contribution is -2.25. The number of thiocarbonyl (C=S) groups is 1. The maximum absolute atomic E-state index is 5.73. The molecule has 2 heterocycles. The van der Waals surface area contributed by atoms with Crippen molar-refractivity contribution in [2.45, 2.75) is 25.8 Å². The average molecular weight is 365 g/mol. The highest BCUT2D eigenvalue weighted by Gasteiger charge is 2.27. The van der Waals surface area contributed by atoms with Gasteiger partial charge in [-0.1, -0.05) is 42.5 Å². The van der Waals surface area contributed by atoms with E-state index >= 15 is 0 Å². The van der Waals surface area contributed by atoms with Gasteiger partial charge in [-0.15, -0.1) is 0 Å². The predicted octanol–water partition coefficient (Wildman–Crippen LogP) is 4.22. The standard InChI is InChI=1S/C21H24N4S/c1-13-22-20-18(25(13)4)12-16(21(26)24(2)3)15-10-11-17(23-19(15)20)14-8-6-5-7-9-14/h5-9,12,17,23H,10-11H2,1-4H3. The molecule has 5 heteroatoms. The summed E-state index contributed by atoms with van der Waals surface area (Å²) in [6.45, 7) is 2.05. The van der Waals surface area contributed by atoms with E-state index in [1.54, 1.807) is 0 Å². The van der Waals surface area contributed by atoms with Crippen LogP contribution < -0.4 is 5.32 Å². The Morgan fingerprint density at radius 1 is 1.27 bits per heavy atom. The molecule has 0 fully saturated rings. The molecule has 2 aromatic carbocycles. The molecule has 134 valence electrons. The van der Waals surface area contributed by atoms with Crippen LogP contribution >= 0.6 is 12.2 Å². The highest BCUT2D eigenvalue weighted by molar-refractivity contribution is 7.80. The van der Waals surface area contributed by atoms with E-state index in [9.17, 15) is 0 Å². The van der Waals surface area contributed by atoms with Crippen LogP contribution in [-0.2, 0) is 13.5 Å². The van der Waals surface area contributed by atoms with Crippen molar-refractivity contribution in [2.24, 2.45) is 7.05 Å². The summed E-state index contributed by atoms with van der Waals surface area (Å²) in [4.78, 5) is 7.74. The van der Waals surface area contributed by atoms with Gasteiger partial charge in [0.2, 0.25) is 0 Å². The molecule has 1 aliphatic heterocycles. The first-order valence-corrected chi connectivity index (χ1v) is 9.40. The number of hydrogen-bond donors (Lipinski definition) is 1. The summed E-state index contributed by atoms with van der Waals surface area (Å²) in [6, 6.07) is 13.2.